The van der Waals surface area contributed by atoms with E-state index in [1.165, 1.54) is 24.4 Å². The molecule has 1 aromatic carbocycles. The number of benzene rings is 1. The number of nitro groups is 1. The van der Waals surface area contributed by atoms with Crippen LogP contribution in [0.25, 0.3) is 0 Å². The molecule has 0 aliphatic carbocycles. The van der Waals surface area contributed by atoms with Gasteiger partial charge in [0.15, 0.2) is 5.13 Å². The standard InChI is InChI=1S/C9H6BrN3O4S2/c10-8-5-11-9(18-8)12-19(16,17)7-3-1-2-6(4-7)13(14)15/h1-5H,(H,11,12). The van der Waals surface area contributed by atoms with E-state index < -0.39 is 14.9 Å². The molecule has 0 amide bonds. The number of hydrogen-bond donors (Lipinski definition) is 1. The summed E-state index contributed by atoms with van der Waals surface area (Å²) in [5.41, 5.74) is -0.289. The van der Waals surface area contributed by atoms with Crippen molar-refractivity contribution in [1.82, 2.24) is 4.98 Å². The van der Waals surface area contributed by atoms with E-state index in [0.717, 1.165) is 17.4 Å². The maximum absolute atomic E-state index is 12.0. The number of hydrogen-bond acceptors (Lipinski definition) is 6. The van der Waals surface area contributed by atoms with Gasteiger partial charge in [0.25, 0.3) is 15.7 Å². The number of nitrogens with zero attached hydrogens (tertiary/aromatic N) is 2. The fourth-order valence-electron chi connectivity index (χ4n) is 1.24. The predicted octanol–water partition coefficient (Wildman–Crippen LogP) is 2.61. The molecule has 0 unspecified atom stereocenters. The highest BCUT2D eigenvalue weighted by molar-refractivity contribution is 9.11. The molecule has 0 spiro atoms. The zero-order valence-corrected chi connectivity index (χ0v) is 12.3. The Morgan fingerprint density at radius 2 is 2.16 bits per heavy atom. The number of rotatable bonds is 4. The maximum Gasteiger partial charge on any atom is 0.270 e. The van der Waals surface area contributed by atoms with Crippen molar-refractivity contribution in [1.29, 1.82) is 0 Å². The Hall–Kier alpha value is -1.52. The number of nitro benzene ring substituents is 1. The normalized spacial score (nSPS) is 11.2. The van der Waals surface area contributed by atoms with Crippen LogP contribution in [0, 0.1) is 10.1 Å². The lowest BCUT2D eigenvalue weighted by atomic mass is 10.3. The van der Waals surface area contributed by atoms with Crippen LogP contribution in [0.15, 0.2) is 39.1 Å². The van der Waals surface area contributed by atoms with E-state index in [9.17, 15) is 18.5 Å². The quantitative estimate of drug-likeness (QED) is 0.664. The summed E-state index contributed by atoms with van der Waals surface area (Å²) in [6.45, 7) is 0. The molecule has 1 aromatic heterocycles. The first-order chi connectivity index (χ1) is 8.88. The molecule has 2 rings (SSSR count). The number of sulfonamides is 1. The second kappa shape index (κ2) is 5.23. The minimum absolute atomic E-state index is 0.179. The topological polar surface area (TPSA) is 102 Å². The van der Waals surface area contributed by atoms with Crippen molar-refractivity contribution in [3.63, 3.8) is 0 Å². The Morgan fingerprint density at radius 1 is 1.42 bits per heavy atom. The number of aromatic nitrogens is 1. The van der Waals surface area contributed by atoms with Crippen molar-refractivity contribution in [2.45, 2.75) is 4.90 Å². The Morgan fingerprint density at radius 3 is 2.74 bits per heavy atom. The van der Waals surface area contributed by atoms with Crippen LogP contribution in [0.3, 0.4) is 0 Å². The zero-order valence-electron chi connectivity index (χ0n) is 9.11. The molecule has 7 nitrogen and oxygen atoms in total. The molecule has 0 bridgehead atoms. The molecule has 100 valence electrons. The highest BCUT2D eigenvalue weighted by Crippen LogP contribution is 2.26. The summed E-state index contributed by atoms with van der Waals surface area (Å²) in [5, 5.41) is 10.8. The summed E-state index contributed by atoms with van der Waals surface area (Å²) in [6, 6.07) is 4.80. The average Bonchev–Trinajstić information content (AvgIpc) is 2.74. The molecule has 1 heterocycles. The lowest BCUT2D eigenvalue weighted by Gasteiger charge is -2.04. The fourth-order valence-corrected chi connectivity index (χ4v) is 3.63. The van der Waals surface area contributed by atoms with Crippen molar-refractivity contribution in [3.05, 3.63) is 44.4 Å². The third kappa shape index (κ3) is 3.28. The molecular weight excluding hydrogens is 358 g/mol. The molecule has 2 aromatic rings. The van der Waals surface area contributed by atoms with Crippen molar-refractivity contribution >= 4 is 48.1 Å². The summed E-state index contributed by atoms with van der Waals surface area (Å²) < 4.78 is 26.9. The monoisotopic (exact) mass is 363 g/mol. The molecule has 10 heteroatoms. The zero-order chi connectivity index (χ0) is 14.0. The highest BCUT2D eigenvalue weighted by Gasteiger charge is 2.18. The Kier molecular flexibility index (Phi) is 3.83. The van der Waals surface area contributed by atoms with Crippen LogP contribution in [0.5, 0.6) is 0 Å². The predicted molar refractivity (Wildman–Crippen MR) is 73.7 cm³/mol. The molecule has 19 heavy (non-hydrogen) atoms. The molecular formula is C9H6BrN3O4S2. The van der Waals surface area contributed by atoms with Crippen molar-refractivity contribution in [3.8, 4) is 0 Å². The molecule has 0 fully saturated rings. The second-order valence-electron chi connectivity index (χ2n) is 3.33. The number of thiazole rings is 1. The smallest absolute Gasteiger partial charge is 0.258 e. The van der Waals surface area contributed by atoms with Crippen LogP contribution in [0.2, 0.25) is 0 Å². The van der Waals surface area contributed by atoms with E-state index in [2.05, 4.69) is 25.6 Å². The third-order valence-electron chi connectivity index (χ3n) is 2.04. The van der Waals surface area contributed by atoms with Gasteiger partial charge in [0, 0.05) is 12.1 Å². The van der Waals surface area contributed by atoms with Gasteiger partial charge in [0.2, 0.25) is 0 Å². The van der Waals surface area contributed by atoms with Crippen molar-refractivity contribution in [2.75, 3.05) is 4.72 Å². The van der Waals surface area contributed by atoms with Crippen LogP contribution in [-0.2, 0) is 10.0 Å². The van der Waals surface area contributed by atoms with Gasteiger partial charge in [-0.1, -0.05) is 17.4 Å². The van der Waals surface area contributed by atoms with Crippen molar-refractivity contribution in [2.24, 2.45) is 0 Å². The molecule has 0 saturated heterocycles. The number of non-ortho nitro benzene ring substituents is 1. The Bertz CT molecular complexity index is 729. The lowest BCUT2D eigenvalue weighted by molar-refractivity contribution is -0.385. The van der Waals surface area contributed by atoms with E-state index >= 15 is 0 Å². The Balaban J connectivity index is 2.34. The SMILES string of the molecule is O=[N+]([O-])c1cccc(S(=O)(=O)Nc2ncc(Br)s2)c1. The van der Waals surface area contributed by atoms with Crippen molar-refractivity contribution < 1.29 is 13.3 Å². The number of anilines is 1. The van der Waals surface area contributed by atoms with E-state index in [1.54, 1.807) is 0 Å². The number of nitrogens with one attached hydrogen (secondary N) is 1. The second-order valence-corrected chi connectivity index (χ2v) is 7.42. The van der Waals surface area contributed by atoms with E-state index in [4.69, 9.17) is 0 Å². The molecule has 1 N–H and O–H groups in total. The molecule has 0 saturated carbocycles. The van der Waals surface area contributed by atoms with Gasteiger partial charge in [0.05, 0.1) is 19.8 Å². The van der Waals surface area contributed by atoms with E-state index in [-0.39, 0.29) is 15.7 Å². The van der Waals surface area contributed by atoms with Gasteiger partial charge in [-0.15, -0.1) is 0 Å². The minimum Gasteiger partial charge on any atom is -0.258 e. The van der Waals surface area contributed by atoms with Gasteiger partial charge >= 0.3 is 0 Å². The van der Waals surface area contributed by atoms with Crippen LogP contribution in [0.1, 0.15) is 0 Å². The van der Waals surface area contributed by atoms with Gasteiger partial charge < -0.3 is 0 Å². The third-order valence-corrected chi connectivity index (χ3v) is 4.90. The summed E-state index contributed by atoms with van der Waals surface area (Å²) in [7, 11) is -3.88. The van der Waals surface area contributed by atoms with Crippen LogP contribution in [-0.4, -0.2) is 18.3 Å². The molecule has 0 aliphatic heterocycles. The highest BCUT2D eigenvalue weighted by atomic mass is 79.9. The van der Waals surface area contributed by atoms with E-state index in [0.29, 0.717) is 3.79 Å². The van der Waals surface area contributed by atoms with Crippen LogP contribution in [0.4, 0.5) is 10.8 Å². The maximum atomic E-state index is 12.0. The first kappa shape index (κ1) is 13.9. The fraction of sp³-hybridized carbons (Fsp3) is 0. The number of halogens is 1. The van der Waals surface area contributed by atoms with Crippen LogP contribution >= 0.6 is 27.3 Å². The first-order valence-corrected chi connectivity index (χ1v) is 7.86. The van der Waals surface area contributed by atoms with E-state index in [1.807, 2.05) is 0 Å². The summed E-state index contributed by atoms with van der Waals surface area (Å²) in [4.78, 5) is 13.6. The largest absolute Gasteiger partial charge is 0.270 e. The summed E-state index contributed by atoms with van der Waals surface area (Å²) >= 11 is 4.26. The van der Waals surface area contributed by atoms with Crippen LogP contribution < -0.4 is 4.72 Å². The summed E-state index contributed by atoms with van der Waals surface area (Å²) in [5.74, 6) is 0. The van der Waals surface area contributed by atoms with Gasteiger partial charge in [-0.2, -0.15) is 0 Å². The Labute approximate surface area is 120 Å². The molecule has 0 atom stereocenters. The molecule has 0 radical (unpaired) electrons. The van der Waals surface area contributed by atoms with Gasteiger partial charge in [0.1, 0.15) is 0 Å². The lowest BCUT2D eigenvalue weighted by Crippen LogP contribution is -2.12. The average molecular weight is 364 g/mol. The molecule has 0 aliphatic rings. The van der Waals surface area contributed by atoms with Gasteiger partial charge in [-0.3, -0.25) is 14.8 Å². The minimum atomic E-state index is -3.88. The first-order valence-electron chi connectivity index (χ1n) is 4.77. The summed E-state index contributed by atoms with van der Waals surface area (Å²) in [6.07, 6.45) is 1.45. The van der Waals surface area contributed by atoms with Gasteiger partial charge in [-0.25, -0.2) is 13.4 Å². The van der Waals surface area contributed by atoms with Gasteiger partial charge in [-0.05, 0) is 22.0 Å².